The minimum atomic E-state index is -4.86. The normalized spacial score (nSPS) is 13.9. The van der Waals surface area contributed by atoms with Crippen LogP contribution in [0.1, 0.15) is 11.7 Å². The largest absolute Gasteiger partial charge is 0.573 e. The van der Waals surface area contributed by atoms with E-state index in [0.717, 1.165) is 6.07 Å². The third-order valence-electron chi connectivity index (χ3n) is 1.76. The van der Waals surface area contributed by atoms with Crippen molar-refractivity contribution >= 4 is 39.1 Å². The summed E-state index contributed by atoms with van der Waals surface area (Å²) in [6.07, 6.45) is -6.33. The lowest BCUT2D eigenvalue weighted by atomic mass is 10.1. The number of hydrogen-bond acceptors (Lipinski definition) is 2. The van der Waals surface area contributed by atoms with Crippen LogP contribution in [0.4, 0.5) is 13.2 Å². The predicted octanol–water partition coefficient (Wildman–Crippen LogP) is 4.18. The quantitative estimate of drug-likeness (QED) is 0.826. The molecule has 2 nitrogen and oxygen atoms in total. The van der Waals surface area contributed by atoms with Crippen LogP contribution in [0, 0.1) is 0 Å². The van der Waals surface area contributed by atoms with Gasteiger partial charge in [0.25, 0.3) is 0 Å². The lowest BCUT2D eigenvalue weighted by Crippen LogP contribution is -2.19. The number of halogens is 6. The minimum Gasteiger partial charge on any atom is -0.405 e. The first-order valence-electron chi connectivity index (χ1n) is 4.22. The molecule has 0 aliphatic rings. The Morgan fingerprint density at radius 1 is 1.29 bits per heavy atom. The average molecular weight is 354 g/mol. The monoisotopic (exact) mass is 352 g/mol. The van der Waals surface area contributed by atoms with E-state index in [1.165, 1.54) is 12.1 Å². The molecule has 0 heterocycles. The molecule has 0 spiro atoms. The Kier molecular flexibility index (Phi) is 4.95. The summed E-state index contributed by atoms with van der Waals surface area (Å²) in [4.78, 5) is -1.26. The zero-order valence-corrected chi connectivity index (χ0v) is 11.1. The van der Waals surface area contributed by atoms with Gasteiger partial charge in [-0.15, -0.1) is 36.4 Å². The molecule has 0 fully saturated rings. The molecular formula is C9H6BrCl2F3O2. The fraction of sp³-hybridized carbons (Fsp3) is 0.333. The summed E-state index contributed by atoms with van der Waals surface area (Å²) in [6.45, 7) is 0. The maximum absolute atomic E-state index is 12.1. The standard InChI is InChI=1S/C9H6BrCl2F3O2/c10-4-1-2-5(7(16)8(11)12)6(3-4)17-9(13,14)15/h1-3,7-8,16H. The Morgan fingerprint density at radius 3 is 2.35 bits per heavy atom. The van der Waals surface area contributed by atoms with Crippen molar-refractivity contribution in [2.24, 2.45) is 0 Å². The zero-order chi connectivity index (χ0) is 13.2. The van der Waals surface area contributed by atoms with Crippen molar-refractivity contribution < 1.29 is 23.0 Å². The first-order valence-corrected chi connectivity index (χ1v) is 5.88. The Labute approximate surface area is 113 Å². The van der Waals surface area contributed by atoms with Crippen LogP contribution in [0.3, 0.4) is 0 Å². The molecule has 0 amide bonds. The Hall–Kier alpha value is -0.170. The van der Waals surface area contributed by atoms with Gasteiger partial charge < -0.3 is 9.84 Å². The number of aliphatic hydroxyl groups excluding tert-OH is 1. The van der Waals surface area contributed by atoms with Crippen LogP contribution in [-0.2, 0) is 0 Å². The van der Waals surface area contributed by atoms with E-state index < -0.39 is 23.1 Å². The van der Waals surface area contributed by atoms with E-state index in [9.17, 15) is 18.3 Å². The molecule has 1 rings (SSSR count). The highest BCUT2D eigenvalue weighted by molar-refractivity contribution is 9.10. The molecule has 0 bridgehead atoms. The Bertz CT molecular complexity index is 398. The molecule has 0 saturated carbocycles. The maximum atomic E-state index is 12.1. The molecule has 1 atom stereocenters. The van der Waals surface area contributed by atoms with Gasteiger partial charge in [-0.1, -0.05) is 22.0 Å². The minimum absolute atomic E-state index is 0.138. The number of rotatable bonds is 3. The molecule has 1 unspecified atom stereocenters. The van der Waals surface area contributed by atoms with Crippen LogP contribution in [0.25, 0.3) is 0 Å². The molecule has 0 saturated heterocycles. The summed E-state index contributed by atoms with van der Waals surface area (Å²) in [5, 5.41) is 9.54. The third-order valence-corrected chi connectivity index (χ3v) is 2.73. The average Bonchev–Trinajstić information content (AvgIpc) is 2.14. The van der Waals surface area contributed by atoms with Gasteiger partial charge in [0.2, 0.25) is 0 Å². The van der Waals surface area contributed by atoms with E-state index in [0.29, 0.717) is 4.47 Å². The molecular weight excluding hydrogens is 348 g/mol. The van der Waals surface area contributed by atoms with Gasteiger partial charge in [0, 0.05) is 10.0 Å². The fourth-order valence-corrected chi connectivity index (χ4v) is 1.71. The van der Waals surface area contributed by atoms with Gasteiger partial charge >= 0.3 is 6.36 Å². The van der Waals surface area contributed by atoms with E-state index in [1.54, 1.807) is 0 Å². The second kappa shape index (κ2) is 5.65. The number of alkyl halides is 5. The van der Waals surface area contributed by atoms with Crippen LogP contribution in [0.5, 0.6) is 5.75 Å². The van der Waals surface area contributed by atoms with E-state index in [1.807, 2.05) is 0 Å². The topological polar surface area (TPSA) is 29.5 Å². The zero-order valence-electron chi connectivity index (χ0n) is 8.01. The number of ether oxygens (including phenoxy) is 1. The van der Waals surface area contributed by atoms with Crippen LogP contribution in [0.2, 0.25) is 0 Å². The summed E-state index contributed by atoms with van der Waals surface area (Å²) in [5.41, 5.74) is -0.138. The lowest BCUT2D eigenvalue weighted by molar-refractivity contribution is -0.275. The molecule has 0 aliphatic carbocycles. The Balaban J connectivity index is 3.12. The Morgan fingerprint density at radius 2 is 1.88 bits per heavy atom. The third kappa shape index (κ3) is 4.54. The van der Waals surface area contributed by atoms with E-state index in [2.05, 4.69) is 20.7 Å². The first-order chi connectivity index (χ1) is 7.70. The van der Waals surface area contributed by atoms with E-state index in [-0.39, 0.29) is 5.56 Å². The molecule has 0 aromatic heterocycles. The van der Waals surface area contributed by atoms with Gasteiger partial charge in [-0.3, -0.25) is 0 Å². The van der Waals surface area contributed by atoms with Crippen molar-refractivity contribution in [1.29, 1.82) is 0 Å². The number of benzene rings is 1. The highest BCUT2D eigenvalue weighted by Gasteiger charge is 2.33. The molecule has 1 aromatic carbocycles. The summed E-state index contributed by atoms with van der Waals surface area (Å²) < 4.78 is 40.5. The lowest BCUT2D eigenvalue weighted by Gasteiger charge is -2.18. The molecule has 0 radical (unpaired) electrons. The molecule has 17 heavy (non-hydrogen) atoms. The maximum Gasteiger partial charge on any atom is 0.573 e. The number of aliphatic hydroxyl groups is 1. The van der Waals surface area contributed by atoms with Crippen LogP contribution in [0.15, 0.2) is 22.7 Å². The first kappa shape index (κ1) is 14.9. The second-order valence-corrected chi connectivity index (χ2v) is 5.09. The summed E-state index contributed by atoms with van der Waals surface area (Å²) in [5.74, 6) is -0.550. The number of hydrogen-bond donors (Lipinski definition) is 1. The van der Waals surface area contributed by atoms with E-state index >= 15 is 0 Å². The fourth-order valence-electron chi connectivity index (χ4n) is 1.10. The summed E-state index contributed by atoms with van der Waals surface area (Å²) in [6, 6.07) is 3.76. The summed E-state index contributed by atoms with van der Waals surface area (Å²) in [7, 11) is 0. The van der Waals surface area contributed by atoms with Crippen LogP contribution >= 0.6 is 39.1 Å². The molecule has 1 aromatic rings. The van der Waals surface area contributed by atoms with Crippen molar-refractivity contribution in [3.8, 4) is 5.75 Å². The van der Waals surface area contributed by atoms with Crippen LogP contribution in [-0.4, -0.2) is 16.3 Å². The van der Waals surface area contributed by atoms with Gasteiger partial charge in [-0.05, 0) is 12.1 Å². The van der Waals surface area contributed by atoms with Crippen molar-refractivity contribution in [3.63, 3.8) is 0 Å². The van der Waals surface area contributed by atoms with Crippen molar-refractivity contribution in [1.82, 2.24) is 0 Å². The second-order valence-electron chi connectivity index (χ2n) is 3.01. The van der Waals surface area contributed by atoms with Crippen LogP contribution < -0.4 is 4.74 Å². The van der Waals surface area contributed by atoms with Crippen molar-refractivity contribution in [3.05, 3.63) is 28.2 Å². The van der Waals surface area contributed by atoms with Crippen molar-refractivity contribution in [2.75, 3.05) is 0 Å². The highest BCUT2D eigenvalue weighted by Crippen LogP contribution is 2.36. The van der Waals surface area contributed by atoms with Gasteiger partial charge in [0.1, 0.15) is 16.7 Å². The van der Waals surface area contributed by atoms with Crippen molar-refractivity contribution in [2.45, 2.75) is 17.3 Å². The molecule has 8 heteroatoms. The molecule has 96 valence electrons. The van der Waals surface area contributed by atoms with Gasteiger partial charge in [-0.2, -0.15) is 0 Å². The highest BCUT2D eigenvalue weighted by atomic mass is 79.9. The van der Waals surface area contributed by atoms with Gasteiger partial charge in [0.05, 0.1) is 0 Å². The molecule has 1 N–H and O–H groups in total. The van der Waals surface area contributed by atoms with Gasteiger partial charge in [-0.25, -0.2) is 0 Å². The van der Waals surface area contributed by atoms with Gasteiger partial charge in [0.15, 0.2) is 0 Å². The summed E-state index contributed by atoms with van der Waals surface area (Å²) >= 11 is 13.8. The molecule has 0 aliphatic heterocycles. The van der Waals surface area contributed by atoms with E-state index in [4.69, 9.17) is 23.2 Å². The smallest absolute Gasteiger partial charge is 0.405 e. The predicted molar refractivity (Wildman–Crippen MR) is 61.3 cm³/mol. The SMILES string of the molecule is OC(c1ccc(Br)cc1OC(F)(F)F)C(Cl)Cl.